The smallest absolute Gasteiger partial charge is 0.0366 e. The minimum Gasteiger partial charge on any atom is -0.123 e. The third kappa shape index (κ3) is 3.01. The molecular formula is C16H26Cl2. The maximum Gasteiger partial charge on any atom is 0.0366 e. The molecule has 104 valence electrons. The van der Waals surface area contributed by atoms with Gasteiger partial charge < -0.3 is 0 Å². The van der Waals surface area contributed by atoms with Gasteiger partial charge in [0.25, 0.3) is 0 Å². The Morgan fingerprint density at radius 2 is 0.833 bits per heavy atom. The first-order valence-corrected chi connectivity index (χ1v) is 8.87. The summed E-state index contributed by atoms with van der Waals surface area (Å²) in [5.41, 5.74) is 0. The third-order valence-electron chi connectivity index (χ3n) is 5.92. The van der Waals surface area contributed by atoms with E-state index in [2.05, 4.69) is 0 Å². The number of hydrogen-bond donors (Lipinski definition) is 0. The molecule has 0 aliphatic heterocycles. The minimum atomic E-state index is 0.457. The van der Waals surface area contributed by atoms with Crippen LogP contribution < -0.4 is 0 Å². The number of halogens is 2. The van der Waals surface area contributed by atoms with Crippen molar-refractivity contribution in [3.8, 4) is 0 Å². The molecule has 2 atom stereocenters. The highest BCUT2D eigenvalue weighted by Gasteiger charge is 2.34. The van der Waals surface area contributed by atoms with Gasteiger partial charge in [-0.25, -0.2) is 0 Å². The van der Waals surface area contributed by atoms with E-state index in [1.165, 1.54) is 64.2 Å². The molecule has 0 aromatic rings. The number of rotatable bonds is 0. The Balaban J connectivity index is 1.72. The highest BCUT2D eigenvalue weighted by atomic mass is 35.5. The second-order valence-corrected chi connectivity index (χ2v) is 8.19. The van der Waals surface area contributed by atoms with Gasteiger partial charge in [0.2, 0.25) is 0 Å². The molecule has 2 unspecified atom stereocenters. The molecule has 0 N–H and O–H groups in total. The lowest BCUT2D eigenvalue weighted by atomic mass is 9.71. The molecule has 0 aromatic carbocycles. The largest absolute Gasteiger partial charge is 0.123 e. The van der Waals surface area contributed by atoms with Crippen LogP contribution in [0.15, 0.2) is 0 Å². The fraction of sp³-hybridized carbons (Fsp3) is 1.00. The number of alkyl halides is 2. The van der Waals surface area contributed by atoms with E-state index in [1.54, 1.807) is 0 Å². The summed E-state index contributed by atoms with van der Waals surface area (Å²) >= 11 is 13.4. The van der Waals surface area contributed by atoms with Gasteiger partial charge >= 0.3 is 0 Å². The summed E-state index contributed by atoms with van der Waals surface area (Å²) in [6.45, 7) is 0. The molecule has 6 aliphatic rings. The average molecular weight is 289 g/mol. The third-order valence-corrected chi connectivity index (χ3v) is 6.99. The van der Waals surface area contributed by atoms with Crippen molar-refractivity contribution in [3.63, 3.8) is 0 Å². The maximum atomic E-state index is 6.70. The fourth-order valence-corrected chi connectivity index (χ4v) is 5.60. The zero-order valence-electron chi connectivity index (χ0n) is 11.3. The van der Waals surface area contributed by atoms with Gasteiger partial charge in [0.1, 0.15) is 0 Å². The van der Waals surface area contributed by atoms with Crippen molar-refractivity contribution in [3.05, 3.63) is 0 Å². The first-order valence-electron chi connectivity index (χ1n) is 8.00. The van der Waals surface area contributed by atoms with E-state index in [-0.39, 0.29) is 0 Å². The Morgan fingerprint density at radius 1 is 0.500 bits per heavy atom. The summed E-state index contributed by atoms with van der Waals surface area (Å²) in [5.74, 6) is 3.39. The SMILES string of the molecule is ClC1CC2CCC(CC2)C(Cl)CC2CCC1CC2. The Morgan fingerprint density at radius 3 is 1.17 bits per heavy atom. The van der Waals surface area contributed by atoms with Crippen LogP contribution in [0.3, 0.4) is 0 Å². The van der Waals surface area contributed by atoms with Crippen LogP contribution in [-0.4, -0.2) is 10.8 Å². The van der Waals surface area contributed by atoms with Crippen molar-refractivity contribution >= 4 is 23.2 Å². The second-order valence-electron chi connectivity index (χ2n) is 7.07. The van der Waals surface area contributed by atoms with Gasteiger partial charge in [-0.15, -0.1) is 23.2 Å². The van der Waals surface area contributed by atoms with Crippen molar-refractivity contribution < 1.29 is 0 Å². The molecule has 18 heavy (non-hydrogen) atoms. The van der Waals surface area contributed by atoms with E-state index in [4.69, 9.17) is 23.2 Å². The molecule has 2 heteroatoms. The molecule has 0 aromatic heterocycles. The lowest BCUT2D eigenvalue weighted by Crippen LogP contribution is -2.31. The van der Waals surface area contributed by atoms with Crippen LogP contribution in [0.4, 0.5) is 0 Å². The number of hydrogen-bond acceptors (Lipinski definition) is 0. The average Bonchev–Trinajstić information content (AvgIpc) is 2.39. The first-order chi connectivity index (χ1) is 8.72. The van der Waals surface area contributed by atoms with Crippen molar-refractivity contribution in [2.45, 2.75) is 75.0 Å². The van der Waals surface area contributed by atoms with E-state index in [1.807, 2.05) is 0 Å². The van der Waals surface area contributed by atoms with Crippen LogP contribution in [0, 0.1) is 23.7 Å². The van der Waals surface area contributed by atoms with Gasteiger partial charge in [-0.05, 0) is 62.2 Å². The molecule has 6 aliphatic carbocycles. The Labute approximate surface area is 122 Å². The highest BCUT2D eigenvalue weighted by Crippen LogP contribution is 2.44. The normalized spacial score (nSPS) is 49.7. The predicted octanol–water partition coefficient (Wildman–Crippen LogP) is 5.61. The summed E-state index contributed by atoms with van der Waals surface area (Å²) in [6, 6.07) is 0. The van der Waals surface area contributed by atoms with E-state index < -0.39 is 0 Å². The molecule has 0 amide bonds. The van der Waals surface area contributed by atoms with Crippen molar-refractivity contribution in [2.24, 2.45) is 23.7 Å². The zero-order valence-corrected chi connectivity index (χ0v) is 12.8. The fourth-order valence-electron chi connectivity index (χ4n) is 4.59. The lowest BCUT2D eigenvalue weighted by Gasteiger charge is -2.39. The van der Waals surface area contributed by atoms with Crippen LogP contribution in [-0.2, 0) is 0 Å². The van der Waals surface area contributed by atoms with E-state index in [0.717, 1.165) is 23.7 Å². The molecule has 4 bridgehead atoms. The van der Waals surface area contributed by atoms with E-state index in [0.29, 0.717) is 10.8 Å². The maximum absolute atomic E-state index is 6.70. The van der Waals surface area contributed by atoms with Crippen LogP contribution in [0.2, 0.25) is 0 Å². The molecule has 0 saturated heterocycles. The molecular weight excluding hydrogens is 263 g/mol. The lowest BCUT2D eigenvalue weighted by molar-refractivity contribution is 0.181. The Hall–Kier alpha value is 0.580. The van der Waals surface area contributed by atoms with Gasteiger partial charge in [-0.3, -0.25) is 0 Å². The van der Waals surface area contributed by atoms with Crippen LogP contribution in [0.25, 0.3) is 0 Å². The van der Waals surface area contributed by atoms with Crippen LogP contribution >= 0.6 is 23.2 Å². The summed E-state index contributed by atoms with van der Waals surface area (Å²) in [5, 5.41) is 0.914. The molecule has 0 nitrogen and oxygen atoms in total. The molecule has 0 radical (unpaired) electrons. The molecule has 0 heterocycles. The van der Waals surface area contributed by atoms with Crippen molar-refractivity contribution in [2.75, 3.05) is 0 Å². The molecule has 6 fully saturated rings. The van der Waals surface area contributed by atoms with Gasteiger partial charge in [0.05, 0.1) is 0 Å². The quantitative estimate of drug-likeness (QED) is 0.509. The monoisotopic (exact) mass is 288 g/mol. The van der Waals surface area contributed by atoms with Gasteiger partial charge in [0, 0.05) is 10.8 Å². The van der Waals surface area contributed by atoms with Gasteiger partial charge in [0.15, 0.2) is 0 Å². The highest BCUT2D eigenvalue weighted by molar-refractivity contribution is 6.21. The van der Waals surface area contributed by atoms with E-state index in [9.17, 15) is 0 Å². The topological polar surface area (TPSA) is 0 Å². The van der Waals surface area contributed by atoms with Crippen molar-refractivity contribution in [1.29, 1.82) is 0 Å². The molecule has 0 spiro atoms. The first kappa shape index (κ1) is 13.6. The summed E-state index contributed by atoms with van der Waals surface area (Å²) in [6.07, 6.45) is 13.5. The van der Waals surface area contributed by atoms with Gasteiger partial charge in [-0.2, -0.15) is 0 Å². The standard InChI is InChI=1S/C16H26Cl2/c17-15-9-11-1-5-13(6-2-11)16(18)10-12-3-7-14(15)8-4-12/h11-16H,1-10H2. The summed E-state index contributed by atoms with van der Waals surface area (Å²) in [4.78, 5) is 0. The molecule has 6 rings (SSSR count). The Bertz CT molecular complexity index is 234. The Kier molecular flexibility index (Phi) is 4.46. The summed E-state index contributed by atoms with van der Waals surface area (Å²) in [7, 11) is 0. The zero-order chi connectivity index (χ0) is 12.5. The van der Waals surface area contributed by atoms with Crippen LogP contribution in [0.1, 0.15) is 64.2 Å². The van der Waals surface area contributed by atoms with E-state index >= 15 is 0 Å². The predicted molar refractivity (Wildman–Crippen MR) is 79.4 cm³/mol. The van der Waals surface area contributed by atoms with Crippen LogP contribution in [0.5, 0.6) is 0 Å². The van der Waals surface area contributed by atoms with Crippen molar-refractivity contribution in [1.82, 2.24) is 0 Å². The minimum absolute atomic E-state index is 0.457. The second kappa shape index (κ2) is 5.92. The van der Waals surface area contributed by atoms with Gasteiger partial charge in [-0.1, -0.05) is 25.7 Å². The molecule has 6 saturated carbocycles. The summed E-state index contributed by atoms with van der Waals surface area (Å²) < 4.78 is 0.